The summed E-state index contributed by atoms with van der Waals surface area (Å²) in [6.45, 7) is 4.25. The highest BCUT2D eigenvalue weighted by atomic mass is 32.2. The van der Waals surface area contributed by atoms with Crippen LogP contribution < -0.4 is 5.32 Å². The lowest BCUT2D eigenvalue weighted by molar-refractivity contribution is -0.115. The van der Waals surface area contributed by atoms with Crippen LogP contribution in [0.5, 0.6) is 0 Å². The molecule has 1 amide bonds. The number of thioether (sulfide) groups is 1. The molecule has 0 fully saturated rings. The van der Waals surface area contributed by atoms with Crippen LogP contribution >= 0.6 is 23.1 Å². The molecule has 0 atom stereocenters. The number of rotatable bonds is 8. The highest BCUT2D eigenvalue weighted by molar-refractivity contribution is 7.99. The van der Waals surface area contributed by atoms with Crippen molar-refractivity contribution >= 4 is 40.0 Å². The van der Waals surface area contributed by atoms with Gasteiger partial charge in [-0.2, -0.15) is 5.26 Å². The number of aryl methyl sites for hydroxylation is 1. The van der Waals surface area contributed by atoms with Crippen molar-refractivity contribution in [1.29, 1.82) is 5.26 Å². The second kappa shape index (κ2) is 10.8. The van der Waals surface area contributed by atoms with E-state index in [1.807, 2.05) is 6.07 Å². The van der Waals surface area contributed by atoms with Crippen molar-refractivity contribution in [2.45, 2.75) is 57.4 Å². The van der Waals surface area contributed by atoms with Crippen molar-refractivity contribution in [1.82, 2.24) is 4.98 Å². The summed E-state index contributed by atoms with van der Waals surface area (Å²) in [6, 6.07) is 5.86. The van der Waals surface area contributed by atoms with Crippen LogP contribution in [0.2, 0.25) is 0 Å². The van der Waals surface area contributed by atoms with E-state index in [-0.39, 0.29) is 12.3 Å². The maximum Gasteiger partial charge on any atom is 0.341 e. The number of anilines is 1. The van der Waals surface area contributed by atoms with Crippen molar-refractivity contribution in [3.05, 3.63) is 39.4 Å². The minimum atomic E-state index is -0.395. The smallest absolute Gasteiger partial charge is 0.341 e. The number of hydrogen-bond donors (Lipinski definition) is 1. The molecular weight excluding hydrogens is 430 g/mol. The number of nitrogens with one attached hydrogen (secondary N) is 1. The minimum absolute atomic E-state index is 0.159. The summed E-state index contributed by atoms with van der Waals surface area (Å²) in [7, 11) is 1.37. The molecule has 0 bridgehead atoms. The summed E-state index contributed by atoms with van der Waals surface area (Å²) in [4.78, 5) is 30.7. The quantitative estimate of drug-likeness (QED) is 0.443. The number of thiophene rings is 1. The molecule has 0 aromatic carbocycles. The molecule has 0 radical (unpaired) electrons. The van der Waals surface area contributed by atoms with E-state index in [2.05, 4.69) is 30.2 Å². The molecule has 8 heteroatoms. The van der Waals surface area contributed by atoms with Gasteiger partial charge < -0.3 is 10.1 Å². The van der Waals surface area contributed by atoms with Crippen LogP contribution in [-0.2, 0) is 28.8 Å². The molecule has 6 nitrogen and oxygen atoms in total. The summed E-state index contributed by atoms with van der Waals surface area (Å²) in [6.07, 6.45) is 5.03. The topological polar surface area (TPSA) is 92.1 Å². The van der Waals surface area contributed by atoms with Crippen molar-refractivity contribution < 1.29 is 14.3 Å². The Morgan fingerprint density at radius 3 is 2.81 bits per heavy atom. The fourth-order valence-electron chi connectivity index (χ4n) is 3.61. The first-order chi connectivity index (χ1) is 14.9. The third-order valence-electron chi connectivity index (χ3n) is 5.04. The first-order valence-corrected chi connectivity index (χ1v) is 12.3. The zero-order valence-electron chi connectivity index (χ0n) is 18.1. The van der Waals surface area contributed by atoms with E-state index in [0.29, 0.717) is 32.8 Å². The molecule has 2 heterocycles. The fraction of sp³-hybridized carbons (Fsp3) is 0.478. The van der Waals surface area contributed by atoms with Gasteiger partial charge in [-0.3, -0.25) is 4.79 Å². The molecule has 31 heavy (non-hydrogen) atoms. The Morgan fingerprint density at radius 1 is 1.32 bits per heavy atom. The van der Waals surface area contributed by atoms with Gasteiger partial charge in [-0.05, 0) is 55.7 Å². The van der Waals surface area contributed by atoms with E-state index in [1.165, 1.54) is 35.1 Å². The maximum absolute atomic E-state index is 12.6. The predicted molar refractivity (Wildman–Crippen MR) is 124 cm³/mol. The van der Waals surface area contributed by atoms with Gasteiger partial charge >= 0.3 is 5.97 Å². The van der Waals surface area contributed by atoms with Gasteiger partial charge in [-0.25, -0.2) is 9.78 Å². The molecule has 3 rings (SSSR count). The Labute approximate surface area is 191 Å². The molecule has 0 saturated carbocycles. The molecule has 0 spiro atoms. The van der Waals surface area contributed by atoms with E-state index in [4.69, 9.17) is 4.74 Å². The third kappa shape index (κ3) is 5.86. The summed E-state index contributed by atoms with van der Waals surface area (Å²) in [5, 5.41) is 13.5. The molecule has 0 aliphatic heterocycles. The molecule has 164 valence electrons. The third-order valence-corrected chi connectivity index (χ3v) is 7.24. The van der Waals surface area contributed by atoms with Crippen molar-refractivity contribution in [3.8, 4) is 6.07 Å². The standard InChI is InChI=1S/C23H27N3O3S2/c1-14(2)12-16-9-8-15(13-24)21(25-16)30-11-10-19(27)26-22-20(23(28)29-3)17-6-4-5-7-18(17)31-22/h8-9,14H,4-7,10-12H2,1-3H3,(H,26,27). The molecular formula is C23H27N3O3S2. The van der Waals surface area contributed by atoms with Crippen molar-refractivity contribution in [3.63, 3.8) is 0 Å². The van der Waals surface area contributed by atoms with Crippen LogP contribution in [0.3, 0.4) is 0 Å². The number of hydrogen-bond acceptors (Lipinski definition) is 7. The molecule has 2 aromatic rings. The highest BCUT2D eigenvalue weighted by Crippen LogP contribution is 2.38. The fourth-order valence-corrected chi connectivity index (χ4v) is 5.83. The van der Waals surface area contributed by atoms with Gasteiger partial charge in [0.2, 0.25) is 5.91 Å². The van der Waals surface area contributed by atoms with E-state index >= 15 is 0 Å². The van der Waals surface area contributed by atoms with Crippen LogP contribution in [-0.4, -0.2) is 29.7 Å². The second-order valence-electron chi connectivity index (χ2n) is 7.92. The van der Waals surface area contributed by atoms with E-state index < -0.39 is 5.97 Å². The minimum Gasteiger partial charge on any atom is -0.465 e. The van der Waals surface area contributed by atoms with Gasteiger partial charge in [0.05, 0.1) is 18.2 Å². The Balaban J connectivity index is 1.65. The van der Waals surface area contributed by atoms with Gasteiger partial charge in [-0.15, -0.1) is 23.1 Å². The summed E-state index contributed by atoms with van der Waals surface area (Å²) >= 11 is 2.89. The number of methoxy groups -OCH3 is 1. The Morgan fingerprint density at radius 2 is 2.10 bits per heavy atom. The largest absolute Gasteiger partial charge is 0.465 e. The van der Waals surface area contributed by atoms with Crippen LogP contribution in [0, 0.1) is 17.2 Å². The lowest BCUT2D eigenvalue weighted by atomic mass is 9.95. The molecule has 1 aliphatic rings. The number of fused-ring (bicyclic) bond motifs is 1. The highest BCUT2D eigenvalue weighted by Gasteiger charge is 2.26. The van der Waals surface area contributed by atoms with Crippen molar-refractivity contribution in [2.24, 2.45) is 5.92 Å². The maximum atomic E-state index is 12.6. The number of nitriles is 1. The average Bonchev–Trinajstić information content (AvgIpc) is 3.10. The zero-order valence-corrected chi connectivity index (χ0v) is 19.8. The van der Waals surface area contributed by atoms with Gasteiger partial charge in [0.1, 0.15) is 16.1 Å². The predicted octanol–water partition coefficient (Wildman–Crippen LogP) is 5.00. The van der Waals surface area contributed by atoms with E-state index in [9.17, 15) is 14.9 Å². The normalized spacial score (nSPS) is 12.9. The van der Waals surface area contributed by atoms with Gasteiger partial charge in [0.15, 0.2) is 0 Å². The number of amides is 1. The monoisotopic (exact) mass is 457 g/mol. The summed E-state index contributed by atoms with van der Waals surface area (Å²) < 4.78 is 4.96. The molecule has 1 N–H and O–H groups in total. The van der Waals surface area contributed by atoms with E-state index in [0.717, 1.165) is 43.4 Å². The first kappa shape index (κ1) is 23.3. The van der Waals surface area contributed by atoms with E-state index in [1.54, 1.807) is 6.07 Å². The number of pyridine rings is 1. The van der Waals surface area contributed by atoms with Gasteiger partial charge in [0, 0.05) is 22.7 Å². The van der Waals surface area contributed by atoms with Crippen LogP contribution in [0.4, 0.5) is 5.00 Å². The number of nitrogens with zero attached hydrogens (tertiary/aromatic N) is 2. The Bertz CT molecular complexity index is 1010. The zero-order chi connectivity index (χ0) is 22.4. The number of carbonyl (C=O) groups excluding carboxylic acids is 2. The number of ether oxygens (including phenoxy) is 1. The van der Waals surface area contributed by atoms with Gasteiger partial charge in [0.25, 0.3) is 0 Å². The number of esters is 1. The lowest BCUT2D eigenvalue weighted by Crippen LogP contribution is -2.15. The molecule has 1 aliphatic carbocycles. The number of carbonyl (C=O) groups is 2. The van der Waals surface area contributed by atoms with Crippen LogP contribution in [0.1, 0.15) is 65.2 Å². The Hall–Kier alpha value is -2.37. The van der Waals surface area contributed by atoms with Gasteiger partial charge in [-0.1, -0.05) is 13.8 Å². The average molecular weight is 458 g/mol. The second-order valence-corrected chi connectivity index (χ2v) is 10.1. The summed E-state index contributed by atoms with van der Waals surface area (Å²) in [5.41, 5.74) is 3.01. The SMILES string of the molecule is COC(=O)c1c(NC(=O)CCSc2nc(CC(C)C)ccc2C#N)sc2c1CCCC2. The Kier molecular flexibility index (Phi) is 8.10. The first-order valence-electron chi connectivity index (χ1n) is 10.5. The van der Waals surface area contributed by atoms with Crippen LogP contribution in [0.25, 0.3) is 0 Å². The number of aromatic nitrogens is 1. The lowest BCUT2D eigenvalue weighted by Gasteiger charge is -2.11. The van der Waals surface area contributed by atoms with Crippen LogP contribution in [0.15, 0.2) is 17.2 Å². The summed E-state index contributed by atoms with van der Waals surface area (Å²) in [5.74, 6) is 0.420. The molecule has 0 saturated heterocycles. The molecule has 0 unspecified atom stereocenters. The van der Waals surface area contributed by atoms with Crippen molar-refractivity contribution in [2.75, 3.05) is 18.2 Å². The molecule has 2 aromatic heterocycles.